The van der Waals surface area contributed by atoms with E-state index in [0.717, 1.165) is 17.1 Å². The Balaban J connectivity index is 2.25. The Kier molecular flexibility index (Phi) is 2.18. The van der Waals surface area contributed by atoms with Crippen molar-refractivity contribution in [2.75, 3.05) is 14.2 Å². The molecule has 0 saturated heterocycles. The summed E-state index contributed by atoms with van der Waals surface area (Å²) in [6, 6.07) is 3.67. The molecule has 0 bridgehead atoms. The van der Waals surface area contributed by atoms with Gasteiger partial charge in [-0.1, -0.05) is 0 Å². The third-order valence-corrected chi connectivity index (χ3v) is 2.79. The first kappa shape index (κ1) is 10.0. The molecule has 5 heteroatoms. The summed E-state index contributed by atoms with van der Waals surface area (Å²) in [7, 11) is 3.24. The second kappa shape index (κ2) is 3.69. The van der Waals surface area contributed by atoms with Gasteiger partial charge in [0.2, 0.25) is 0 Å². The molecular formula is C12H12N2O3. The molecule has 0 atom stereocenters. The zero-order valence-corrected chi connectivity index (χ0v) is 9.64. The average Bonchev–Trinajstić information content (AvgIpc) is 2.85. The normalized spacial score (nSPS) is 12.4. The number of rotatable bonds is 2. The van der Waals surface area contributed by atoms with Crippen LogP contribution in [0.5, 0.6) is 17.2 Å². The van der Waals surface area contributed by atoms with Gasteiger partial charge in [0, 0.05) is 24.5 Å². The monoisotopic (exact) mass is 232 g/mol. The molecule has 0 amide bonds. The molecule has 0 radical (unpaired) electrons. The van der Waals surface area contributed by atoms with E-state index in [9.17, 15) is 0 Å². The van der Waals surface area contributed by atoms with Crippen molar-refractivity contribution in [3.8, 4) is 28.6 Å². The Morgan fingerprint density at radius 1 is 1.29 bits per heavy atom. The molecule has 5 nitrogen and oxygen atoms in total. The fourth-order valence-corrected chi connectivity index (χ4v) is 1.96. The molecule has 0 aliphatic carbocycles. The van der Waals surface area contributed by atoms with Gasteiger partial charge in [-0.05, 0) is 0 Å². The number of benzene rings is 1. The molecule has 0 N–H and O–H groups in total. The van der Waals surface area contributed by atoms with E-state index in [-0.39, 0.29) is 0 Å². The molecule has 2 aromatic rings. The van der Waals surface area contributed by atoms with E-state index in [4.69, 9.17) is 14.2 Å². The summed E-state index contributed by atoms with van der Waals surface area (Å²) < 4.78 is 18.2. The van der Waals surface area contributed by atoms with Crippen molar-refractivity contribution in [2.45, 2.75) is 6.73 Å². The lowest BCUT2D eigenvalue weighted by molar-refractivity contribution is 0.227. The number of ether oxygens (including phenoxy) is 3. The van der Waals surface area contributed by atoms with Gasteiger partial charge in [0.25, 0.3) is 0 Å². The molecule has 0 spiro atoms. The molecule has 2 heterocycles. The highest BCUT2D eigenvalue weighted by Gasteiger charge is 2.23. The second-order valence-electron chi connectivity index (χ2n) is 3.70. The van der Waals surface area contributed by atoms with Crippen LogP contribution in [-0.4, -0.2) is 23.8 Å². The van der Waals surface area contributed by atoms with Crippen LogP contribution in [0.25, 0.3) is 11.4 Å². The van der Waals surface area contributed by atoms with E-state index in [0.29, 0.717) is 18.2 Å². The minimum atomic E-state index is 0.457. The summed E-state index contributed by atoms with van der Waals surface area (Å²) in [6.45, 7) is 0.457. The summed E-state index contributed by atoms with van der Waals surface area (Å²) in [5.41, 5.74) is 0.865. The fraction of sp³-hybridized carbons (Fsp3) is 0.250. The fourth-order valence-electron chi connectivity index (χ4n) is 1.96. The first-order valence-corrected chi connectivity index (χ1v) is 5.24. The average molecular weight is 232 g/mol. The SMILES string of the molecule is COc1cc(OC)c2c(c1)OCn1ccnc1-2. The van der Waals surface area contributed by atoms with Crippen LogP contribution < -0.4 is 14.2 Å². The zero-order valence-electron chi connectivity index (χ0n) is 9.64. The topological polar surface area (TPSA) is 45.5 Å². The Hall–Kier alpha value is -2.17. The van der Waals surface area contributed by atoms with Gasteiger partial charge in [-0.25, -0.2) is 4.98 Å². The molecule has 0 fully saturated rings. The van der Waals surface area contributed by atoms with E-state index in [2.05, 4.69) is 4.98 Å². The number of aromatic nitrogens is 2. The smallest absolute Gasteiger partial charge is 0.166 e. The van der Waals surface area contributed by atoms with Gasteiger partial charge in [-0.2, -0.15) is 0 Å². The number of fused-ring (bicyclic) bond motifs is 3. The molecular weight excluding hydrogens is 220 g/mol. The third-order valence-electron chi connectivity index (χ3n) is 2.79. The van der Waals surface area contributed by atoms with E-state index < -0.39 is 0 Å². The lowest BCUT2D eigenvalue weighted by Crippen LogP contribution is -2.13. The Morgan fingerprint density at radius 3 is 2.94 bits per heavy atom. The molecule has 1 aliphatic heterocycles. The van der Waals surface area contributed by atoms with Gasteiger partial charge in [0.1, 0.15) is 28.6 Å². The molecule has 3 rings (SSSR count). The van der Waals surface area contributed by atoms with Crippen molar-refractivity contribution in [1.29, 1.82) is 0 Å². The lowest BCUT2D eigenvalue weighted by Gasteiger charge is -2.21. The highest BCUT2D eigenvalue weighted by atomic mass is 16.5. The van der Waals surface area contributed by atoms with Gasteiger partial charge in [-0.3, -0.25) is 4.57 Å². The van der Waals surface area contributed by atoms with E-state index in [1.165, 1.54) is 0 Å². The van der Waals surface area contributed by atoms with E-state index >= 15 is 0 Å². The van der Waals surface area contributed by atoms with Gasteiger partial charge < -0.3 is 14.2 Å². The molecule has 1 aromatic carbocycles. The number of hydrogen-bond donors (Lipinski definition) is 0. The number of nitrogens with zero attached hydrogens (tertiary/aromatic N) is 2. The van der Waals surface area contributed by atoms with Crippen molar-refractivity contribution in [2.24, 2.45) is 0 Å². The maximum absolute atomic E-state index is 5.66. The molecule has 1 aliphatic rings. The molecule has 1 aromatic heterocycles. The maximum atomic E-state index is 5.66. The minimum Gasteiger partial charge on any atom is -0.496 e. The largest absolute Gasteiger partial charge is 0.496 e. The predicted molar refractivity (Wildman–Crippen MR) is 61.4 cm³/mol. The zero-order chi connectivity index (χ0) is 11.8. The van der Waals surface area contributed by atoms with Gasteiger partial charge >= 0.3 is 0 Å². The van der Waals surface area contributed by atoms with Crippen LogP contribution in [0, 0.1) is 0 Å². The quantitative estimate of drug-likeness (QED) is 0.793. The Labute approximate surface area is 98.6 Å². The van der Waals surface area contributed by atoms with Crippen molar-refractivity contribution < 1.29 is 14.2 Å². The van der Waals surface area contributed by atoms with E-state index in [1.54, 1.807) is 20.4 Å². The van der Waals surface area contributed by atoms with Crippen LogP contribution in [0.4, 0.5) is 0 Å². The van der Waals surface area contributed by atoms with Gasteiger partial charge in [-0.15, -0.1) is 0 Å². The van der Waals surface area contributed by atoms with Gasteiger partial charge in [0.15, 0.2) is 6.73 Å². The van der Waals surface area contributed by atoms with Crippen molar-refractivity contribution in [3.05, 3.63) is 24.5 Å². The van der Waals surface area contributed by atoms with Crippen molar-refractivity contribution in [1.82, 2.24) is 9.55 Å². The lowest BCUT2D eigenvalue weighted by atomic mass is 10.1. The first-order chi connectivity index (χ1) is 8.33. The Bertz CT molecular complexity index is 546. The van der Waals surface area contributed by atoms with Crippen molar-refractivity contribution >= 4 is 0 Å². The van der Waals surface area contributed by atoms with Crippen LogP contribution in [-0.2, 0) is 6.73 Å². The highest BCUT2D eigenvalue weighted by Crippen LogP contribution is 2.43. The van der Waals surface area contributed by atoms with E-state index in [1.807, 2.05) is 22.9 Å². The van der Waals surface area contributed by atoms with Crippen molar-refractivity contribution in [3.63, 3.8) is 0 Å². The summed E-state index contributed by atoms with van der Waals surface area (Å²) in [6.07, 6.45) is 3.62. The first-order valence-electron chi connectivity index (χ1n) is 5.24. The third kappa shape index (κ3) is 1.43. The van der Waals surface area contributed by atoms with Crippen LogP contribution in [0.2, 0.25) is 0 Å². The molecule has 0 unspecified atom stereocenters. The summed E-state index contributed by atoms with van der Waals surface area (Å²) in [4.78, 5) is 4.32. The maximum Gasteiger partial charge on any atom is 0.166 e. The second-order valence-corrected chi connectivity index (χ2v) is 3.70. The number of methoxy groups -OCH3 is 2. The van der Waals surface area contributed by atoms with Crippen LogP contribution in [0.1, 0.15) is 0 Å². The van der Waals surface area contributed by atoms with Crippen LogP contribution >= 0.6 is 0 Å². The predicted octanol–water partition coefficient (Wildman–Crippen LogP) is 1.92. The standard InChI is InChI=1S/C12H12N2O3/c1-15-8-5-9(16-2)11-10(6-8)17-7-14-4-3-13-12(11)14/h3-6H,7H2,1-2H3. The van der Waals surface area contributed by atoms with Crippen LogP contribution in [0.15, 0.2) is 24.5 Å². The van der Waals surface area contributed by atoms with Crippen LogP contribution in [0.3, 0.4) is 0 Å². The summed E-state index contributed by atoms with van der Waals surface area (Å²) >= 11 is 0. The molecule has 17 heavy (non-hydrogen) atoms. The number of hydrogen-bond acceptors (Lipinski definition) is 4. The molecule has 0 saturated carbocycles. The Morgan fingerprint density at radius 2 is 2.18 bits per heavy atom. The summed E-state index contributed by atoms with van der Waals surface area (Å²) in [5, 5.41) is 0. The minimum absolute atomic E-state index is 0.457. The molecule has 88 valence electrons. The highest BCUT2D eigenvalue weighted by molar-refractivity contribution is 5.74. The summed E-state index contributed by atoms with van der Waals surface area (Å²) in [5.74, 6) is 3.00. The number of imidazole rings is 1. The van der Waals surface area contributed by atoms with Gasteiger partial charge in [0.05, 0.1) is 14.2 Å².